The van der Waals surface area contributed by atoms with Crippen LogP contribution in [0.25, 0.3) is 20.9 Å². The van der Waals surface area contributed by atoms with Gasteiger partial charge >= 0.3 is 61.0 Å². The van der Waals surface area contributed by atoms with Crippen LogP contribution in [0.2, 0.25) is 0 Å². The zero-order valence-corrected chi connectivity index (χ0v) is 6.29. The van der Waals surface area contributed by atoms with Gasteiger partial charge in [0.05, 0.1) is 0 Å². The van der Waals surface area contributed by atoms with Crippen LogP contribution in [0.5, 0.6) is 0 Å². The maximum absolute atomic E-state index is 12.2. The second-order valence-corrected chi connectivity index (χ2v) is 6.01. The van der Waals surface area contributed by atoms with E-state index in [4.69, 9.17) is 11.1 Å². The van der Waals surface area contributed by atoms with Gasteiger partial charge in [-0.05, 0) is 0 Å². The predicted molar refractivity (Wildman–Crippen MR) is 34.4 cm³/mol. The molecule has 0 unspecified atom stereocenters. The molecule has 0 aromatic heterocycles. The molecule has 0 bridgehead atoms. The summed E-state index contributed by atoms with van der Waals surface area (Å²) in [5, 5.41) is 0. The quantitative estimate of drug-likeness (QED) is 0.279. The number of hydrogen-bond donors (Lipinski definition) is 0. The number of halogens is 4. The number of rotatable bonds is 2. The van der Waals surface area contributed by atoms with Crippen LogP contribution in [0.15, 0.2) is 9.77 Å². The Morgan fingerprint density at radius 2 is 1.36 bits per heavy atom. The third-order valence-electron chi connectivity index (χ3n) is 0.430. The molecule has 0 saturated heterocycles. The summed E-state index contributed by atoms with van der Waals surface area (Å²) < 4.78 is 36.6. The molecule has 0 amide bonds. The topological polar surface area (TPSA) is 97.5 Å². The summed E-state index contributed by atoms with van der Waals surface area (Å²) in [6.45, 7) is -8.42. The molecule has 0 N–H and O–H groups in total. The monoisotopic (exact) mass is 207 g/mol. The van der Waals surface area contributed by atoms with E-state index in [0.29, 0.717) is 0 Å². The van der Waals surface area contributed by atoms with Crippen LogP contribution < -0.4 is 0 Å². The summed E-state index contributed by atoms with van der Waals surface area (Å²) in [6, 6.07) is 0. The average Bonchev–Trinajstić information content (AvgIpc) is 1.59. The molecule has 0 saturated carbocycles. The van der Waals surface area contributed by atoms with Gasteiger partial charge in [-0.25, -0.2) is 0 Å². The molecule has 0 atom stereocenters. The van der Waals surface area contributed by atoms with Gasteiger partial charge in [0.15, 0.2) is 0 Å². The molecule has 0 rings (SSSR count). The van der Waals surface area contributed by atoms with Gasteiger partial charge in [-0.3, -0.25) is 0 Å². The molecule has 6 nitrogen and oxygen atoms in total. The summed E-state index contributed by atoms with van der Waals surface area (Å²) in [7, 11) is 0. The molecule has 0 aliphatic heterocycles. The number of azide groups is 1. The summed E-state index contributed by atoms with van der Waals surface area (Å²) in [6.07, 6.45) is 0. The predicted octanol–water partition coefficient (Wildman–Crippen LogP) is 4.33. The van der Waals surface area contributed by atoms with Crippen molar-refractivity contribution >= 4 is 17.8 Å². The molecular weight excluding hydrogens is 207 g/mol. The van der Waals surface area contributed by atoms with Crippen LogP contribution >= 0.6 is 17.8 Å². The SMILES string of the molecule is [N-]=[N+]=N[P-](F)(F)(F)(Cl)N=[N+]=[N-]. The van der Waals surface area contributed by atoms with Gasteiger partial charge in [0.1, 0.15) is 0 Å². The van der Waals surface area contributed by atoms with Crippen LogP contribution in [0.3, 0.4) is 0 Å². The van der Waals surface area contributed by atoms with Crippen molar-refractivity contribution in [3.05, 3.63) is 20.9 Å². The molecule has 0 radical (unpaired) electrons. The van der Waals surface area contributed by atoms with E-state index in [1.165, 1.54) is 19.6 Å². The molecule has 11 heteroatoms. The Bertz CT molecular complexity index is 249. The molecule has 0 aromatic carbocycles. The Morgan fingerprint density at radius 1 is 1.09 bits per heavy atom. The fraction of sp³-hybridized carbons (Fsp3) is 0. The van der Waals surface area contributed by atoms with Gasteiger partial charge < -0.3 is 0 Å². The van der Waals surface area contributed by atoms with Crippen molar-refractivity contribution in [1.29, 1.82) is 0 Å². The first-order valence-electron chi connectivity index (χ1n) is 1.88. The van der Waals surface area contributed by atoms with Gasteiger partial charge in [-0.2, -0.15) is 0 Å². The van der Waals surface area contributed by atoms with E-state index in [1.807, 2.05) is 0 Å². The van der Waals surface area contributed by atoms with Gasteiger partial charge in [-0.15, -0.1) is 0 Å². The van der Waals surface area contributed by atoms with Crippen LogP contribution in [-0.4, -0.2) is 0 Å². The summed E-state index contributed by atoms with van der Waals surface area (Å²) in [5.74, 6) is 0. The van der Waals surface area contributed by atoms with Crippen molar-refractivity contribution in [3.8, 4) is 0 Å². The molecule has 0 fully saturated rings. The standard InChI is InChI=1S/ClF3N6P/c1-11(2,3,4,9-7-5)10-8-6/q-1. The van der Waals surface area contributed by atoms with E-state index in [2.05, 4.69) is 11.2 Å². The molecule has 0 heterocycles. The number of hydrogen-bond acceptors (Lipinski definition) is 2. The van der Waals surface area contributed by atoms with Crippen LogP contribution in [0.1, 0.15) is 0 Å². The third-order valence-corrected chi connectivity index (χ3v) is 1.70. The van der Waals surface area contributed by atoms with Gasteiger partial charge in [0.2, 0.25) is 0 Å². The first-order valence-corrected chi connectivity index (χ1v) is 5.04. The fourth-order valence-corrected chi connectivity index (χ4v) is 0.705. The van der Waals surface area contributed by atoms with Crippen molar-refractivity contribution < 1.29 is 12.6 Å². The first kappa shape index (κ1) is 10.1. The van der Waals surface area contributed by atoms with E-state index in [-0.39, 0.29) is 0 Å². The van der Waals surface area contributed by atoms with E-state index < -0.39 is 6.53 Å². The molecule has 0 aliphatic carbocycles. The number of nitrogens with zero attached hydrogens (tertiary/aromatic N) is 6. The van der Waals surface area contributed by atoms with E-state index >= 15 is 0 Å². The normalized spacial score (nSPS) is 16.7. The summed E-state index contributed by atoms with van der Waals surface area (Å²) in [5.41, 5.74) is 14.9. The summed E-state index contributed by atoms with van der Waals surface area (Å²) >= 11 is 3.94. The second kappa shape index (κ2) is 1.84. The van der Waals surface area contributed by atoms with Crippen molar-refractivity contribution in [2.75, 3.05) is 0 Å². The Balaban J connectivity index is 5.54. The van der Waals surface area contributed by atoms with E-state index in [9.17, 15) is 12.6 Å². The van der Waals surface area contributed by atoms with Gasteiger partial charge in [-0.1, -0.05) is 0 Å². The van der Waals surface area contributed by atoms with Crippen molar-refractivity contribution in [1.82, 2.24) is 0 Å². The van der Waals surface area contributed by atoms with Crippen LogP contribution in [0.4, 0.5) is 12.6 Å². The van der Waals surface area contributed by atoms with Gasteiger partial charge in [0, 0.05) is 0 Å². The average molecular weight is 207 g/mol. The Hall–Kier alpha value is -0.870. The van der Waals surface area contributed by atoms with Crippen molar-refractivity contribution in [2.45, 2.75) is 0 Å². The van der Waals surface area contributed by atoms with E-state index in [0.717, 1.165) is 0 Å². The molecule has 0 aliphatic rings. The van der Waals surface area contributed by atoms with Gasteiger partial charge in [0.25, 0.3) is 0 Å². The van der Waals surface area contributed by atoms with Crippen LogP contribution in [-0.2, 0) is 0 Å². The molecule has 0 spiro atoms. The Labute approximate surface area is 62.0 Å². The molecule has 0 aromatic rings. The maximum atomic E-state index is 12.2. The fourth-order valence-electron chi connectivity index (χ4n) is 0.175. The summed E-state index contributed by atoms with van der Waals surface area (Å²) in [4.78, 5) is 5.61. The minimum absolute atomic E-state index is 1.37. The van der Waals surface area contributed by atoms with Crippen molar-refractivity contribution in [3.63, 3.8) is 0 Å². The Morgan fingerprint density at radius 3 is 1.55 bits per heavy atom. The van der Waals surface area contributed by atoms with E-state index in [1.54, 1.807) is 0 Å². The van der Waals surface area contributed by atoms with Crippen LogP contribution in [0, 0.1) is 0 Å². The molecular formula is ClF3N6P-. The zero-order valence-electron chi connectivity index (χ0n) is 4.64. The zero-order chi connectivity index (χ0) is 9.24. The van der Waals surface area contributed by atoms with Crippen molar-refractivity contribution in [2.24, 2.45) is 9.77 Å². The molecule has 64 valence electrons. The molecule has 11 heavy (non-hydrogen) atoms. The Kier molecular flexibility index (Phi) is 1.69. The second-order valence-electron chi connectivity index (χ2n) is 1.44. The third kappa shape index (κ3) is 3.75. The first-order chi connectivity index (χ1) is 4.62. The minimum atomic E-state index is -8.42.